The van der Waals surface area contributed by atoms with Crippen LogP contribution in [0.2, 0.25) is 0 Å². The highest BCUT2D eigenvalue weighted by Gasteiger charge is 2.20. The van der Waals surface area contributed by atoms with E-state index in [1.54, 1.807) is 0 Å². The zero-order valence-corrected chi connectivity index (χ0v) is 29.0. The summed E-state index contributed by atoms with van der Waals surface area (Å²) in [6.45, 7) is 0. The van der Waals surface area contributed by atoms with Crippen molar-refractivity contribution in [3.05, 3.63) is 182 Å². The maximum absolute atomic E-state index is 2.43. The summed E-state index contributed by atoms with van der Waals surface area (Å²) >= 11 is 0. The summed E-state index contributed by atoms with van der Waals surface area (Å²) in [4.78, 5) is 0. The summed E-state index contributed by atoms with van der Waals surface area (Å²) < 4.78 is 14.4. The molecule has 0 saturated carbocycles. The van der Waals surface area contributed by atoms with E-state index >= 15 is 0 Å². The molecule has 0 radical (unpaired) electrons. The number of benzene rings is 7. The molecule has 0 N–H and O–H groups in total. The van der Waals surface area contributed by atoms with E-state index in [1.807, 2.05) is 0 Å². The van der Waals surface area contributed by atoms with Crippen molar-refractivity contribution < 1.29 is 0 Å². The lowest BCUT2D eigenvalue weighted by Crippen LogP contribution is -1.98. The molecular formula is C48H30N6. The molecule has 0 bridgehead atoms. The predicted molar refractivity (Wildman–Crippen MR) is 222 cm³/mol. The normalized spacial score (nSPS) is 12.4. The van der Waals surface area contributed by atoms with Crippen LogP contribution in [0.25, 0.3) is 99.8 Å². The van der Waals surface area contributed by atoms with Crippen LogP contribution in [0.15, 0.2) is 182 Å². The highest BCUT2D eigenvalue weighted by atomic mass is 15.2. The fraction of sp³-hybridized carbons (Fsp3) is 0. The Morgan fingerprint density at radius 1 is 0.222 bits per heavy atom. The maximum atomic E-state index is 2.43. The minimum atomic E-state index is 1.12. The Morgan fingerprint density at radius 2 is 0.574 bits per heavy atom. The minimum absolute atomic E-state index is 1.12. The summed E-state index contributed by atoms with van der Waals surface area (Å²) in [6.07, 6.45) is 0. The number of rotatable bonds is 3. The average molecular weight is 691 g/mol. The molecule has 0 amide bonds. The van der Waals surface area contributed by atoms with Crippen LogP contribution in [0.5, 0.6) is 0 Å². The number of para-hydroxylation sites is 8. The van der Waals surface area contributed by atoms with E-state index in [1.165, 1.54) is 65.8 Å². The Morgan fingerprint density at radius 3 is 1.04 bits per heavy atom. The standard InChI is InChI=1S/C48H30N6/c1-3-16-37-31(12-1)26-46-49(39-18-5-8-21-42(39)52(37)46)34-14-11-15-35(29-34)50-41-20-7-10-23-44(41)54-45-30-36(25-24-33(45)28-48(50)54)51-40-19-6-9-22-43(40)53-38-17-4-2-13-32(38)27-47(51)53/h1-30H. The molecule has 0 fully saturated rings. The lowest BCUT2D eigenvalue weighted by atomic mass is 10.2. The van der Waals surface area contributed by atoms with Crippen LogP contribution >= 0.6 is 0 Å². The number of hydrogen-bond acceptors (Lipinski definition) is 0. The van der Waals surface area contributed by atoms with Gasteiger partial charge in [-0.05, 0) is 97.1 Å². The van der Waals surface area contributed by atoms with Crippen molar-refractivity contribution in [3.8, 4) is 17.1 Å². The van der Waals surface area contributed by atoms with Gasteiger partial charge in [-0.2, -0.15) is 0 Å². The summed E-state index contributed by atoms with van der Waals surface area (Å²) in [5, 5.41) is 3.68. The van der Waals surface area contributed by atoms with Crippen molar-refractivity contribution in [2.45, 2.75) is 0 Å². The molecule has 0 aliphatic rings. The van der Waals surface area contributed by atoms with Gasteiger partial charge in [-0.15, -0.1) is 0 Å². The Bertz CT molecular complexity index is 3690. The Labute approximate surface area is 307 Å². The number of hydrogen-bond donors (Lipinski definition) is 0. The topological polar surface area (TPSA) is 28.0 Å². The quantitative estimate of drug-likeness (QED) is 0.177. The molecule has 0 aliphatic carbocycles. The van der Waals surface area contributed by atoms with Crippen molar-refractivity contribution in [1.29, 1.82) is 0 Å². The van der Waals surface area contributed by atoms with Gasteiger partial charge in [-0.25, -0.2) is 0 Å². The number of imidazole rings is 3. The van der Waals surface area contributed by atoms with Gasteiger partial charge in [-0.3, -0.25) is 26.9 Å². The molecule has 54 heavy (non-hydrogen) atoms. The zero-order chi connectivity index (χ0) is 35.1. The first-order valence-electron chi connectivity index (χ1n) is 18.5. The first-order valence-corrected chi connectivity index (χ1v) is 18.5. The van der Waals surface area contributed by atoms with Gasteiger partial charge in [0.1, 0.15) is 16.9 Å². The van der Waals surface area contributed by atoms with E-state index in [4.69, 9.17) is 0 Å². The molecule has 0 unspecified atom stereocenters. The molecule has 0 spiro atoms. The van der Waals surface area contributed by atoms with Gasteiger partial charge in [0.15, 0.2) is 0 Å². The van der Waals surface area contributed by atoms with Gasteiger partial charge in [0.2, 0.25) is 0 Å². The molecule has 6 heterocycles. The molecule has 0 aliphatic heterocycles. The van der Waals surface area contributed by atoms with Crippen LogP contribution in [-0.2, 0) is 0 Å². The maximum Gasteiger partial charge on any atom is 0.123 e. The molecule has 0 atom stereocenters. The van der Waals surface area contributed by atoms with Gasteiger partial charge in [0.25, 0.3) is 0 Å². The van der Waals surface area contributed by atoms with Crippen LogP contribution in [0.1, 0.15) is 0 Å². The monoisotopic (exact) mass is 690 g/mol. The second kappa shape index (κ2) is 10.1. The van der Waals surface area contributed by atoms with Crippen LogP contribution in [0.4, 0.5) is 0 Å². The third-order valence-corrected chi connectivity index (χ3v) is 11.5. The number of aromatic nitrogens is 6. The van der Waals surface area contributed by atoms with Crippen molar-refractivity contribution in [1.82, 2.24) is 26.9 Å². The first kappa shape index (κ1) is 28.2. The highest BCUT2D eigenvalue weighted by molar-refractivity contribution is 6.00. The van der Waals surface area contributed by atoms with Crippen molar-refractivity contribution in [3.63, 3.8) is 0 Å². The highest BCUT2D eigenvalue weighted by Crippen LogP contribution is 2.37. The van der Waals surface area contributed by atoms with E-state index < -0.39 is 0 Å². The third-order valence-electron chi connectivity index (χ3n) is 11.5. The Balaban J connectivity index is 1.06. The molecule has 13 aromatic rings. The Hall–Kier alpha value is -7.44. The summed E-state index contributed by atoms with van der Waals surface area (Å²) in [7, 11) is 0. The van der Waals surface area contributed by atoms with Gasteiger partial charge >= 0.3 is 0 Å². The molecule has 6 heteroatoms. The smallest absolute Gasteiger partial charge is 0.123 e. The third kappa shape index (κ3) is 3.54. The van der Waals surface area contributed by atoms with E-state index in [0.717, 1.165) is 34.0 Å². The fourth-order valence-electron chi connectivity index (χ4n) is 9.33. The van der Waals surface area contributed by atoms with Gasteiger partial charge in [0, 0.05) is 33.2 Å². The van der Waals surface area contributed by atoms with E-state index in [-0.39, 0.29) is 0 Å². The van der Waals surface area contributed by atoms with Gasteiger partial charge in [0.05, 0.1) is 49.7 Å². The van der Waals surface area contributed by atoms with Crippen molar-refractivity contribution in [2.75, 3.05) is 0 Å². The molecule has 252 valence electrons. The molecule has 7 aromatic carbocycles. The SMILES string of the molecule is c1cc(-n2c3ccccc3n3c4ccccc4cc23)cc(-n2c3ccccc3n3c4cc(-n5c6ccccc6n6c7ccccc7cc56)ccc4cc23)c1. The second-order valence-corrected chi connectivity index (χ2v) is 14.4. The number of fused-ring (bicyclic) bond motifs is 15. The predicted octanol–water partition coefficient (Wildman–Crippen LogP) is 11.7. The van der Waals surface area contributed by atoms with Crippen molar-refractivity contribution >= 4 is 82.8 Å². The minimum Gasteiger partial charge on any atom is -0.294 e. The second-order valence-electron chi connectivity index (χ2n) is 14.4. The zero-order valence-electron chi connectivity index (χ0n) is 29.0. The number of nitrogens with zero attached hydrogens (tertiary/aromatic N) is 6. The van der Waals surface area contributed by atoms with Gasteiger partial charge in [-0.1, -0.05) is 84.9 Å². The van der Waals surface area contributed by atoms with E-state index in [9.17, 15) is 0 Å². The summed E-state index contributed by atoms with van der Waals surface area (Å²) in [5.74, 6) is 0. The lowest BCUT2D eigenvalue weighted by molar-refractivity contribution is 1.11. The van der Waals surface area contributed by atoms with Crippen molar-refractivity contribution in [2.24, 2.45) is 0 Å². The van der Waals surface area contributed by atoms with Crippen LogP contribution in [0, 0.1) is 0 Å². The lowest BCUT2D eigenvalue weighted by Gasteiger charge is -2.11. The van der Waals surface area contributed by atoms with Crippen LogP contribution < -0.4 is 0 Å². The molecule has 13 rings (SSSR count). The molecular weight excluding hydrogens is 661 g/mol. The summed E-state index contributed by atoms with van der Waals surface area (Å²) in [5.41, 5.74) is 17.5. The van der Waals surface area contributed by atoms with E-state index in [2.05, 4.69) is 209 Å². The van der Waals surface area contributed by atoms with E-state index in [0.29, 0.717) is 0 Å². The molecule has 0 saturated heterocycles. The molecule has 6 nitrogen and oxygen atoms in total. The Kier molecular flexibility index (Phi) is 5.28. The first-order chi connectivity index (χ1) is 26.8. The molecule has 6 aromatic heterocycles. The fourth-order valence-corrected chi connectivity index (χ4v) is 9.33. The van der Waals surface area contributed by atoms with Gasteiger partial charge < -0.3 is 0 Å². The van der Waals surface area contributed by atoms with Crippen LogP contribution in [0.3, 0.4) is 0 Å². The van der Waals surface area contributed by atoms with Crippen LogP contribution in [-0.4, -0.2) is 26.9 Å². The largest absolute Gasteiger partial charge is 0.294 e. The summed E-state index contributed by atoms with van der Waals surface area (Å²) in [6, 6.07) is 66.3. The average Bonchev–Trinajstić information content (AvgIpc) is 4.05.